The first-order chi connectivity index (χ1) is 10.0. The standard InChI is InChI=1S/C13H12N2O5S/c16-13(17)11-10-9(20-15-11)6-7-14-12(10)21(18,19)8-4-2-1-3-5-8/h1-5,12,14H,6-7H2,(H,16,17). The third-order valence-corrected chi connectivity index (χ3v) is 5.28. The second kappa shape index (κ2) is 4.97. The average molecular weight is 308 g/mol. The number of nitrogens with zero attached hydrogens (tertiary/aromatic N) is 1. The summed E-state index contributed by atoms with van der Waals surface area (Å²) in [7, 11) is -3.78. The van der Waals surface area contributed by atoms with Gasteiger partial charge in [0.15, 0.2) is 15.5 Å². The van der Waals surface area contributed by atoms with Gasteiger partial charge in [0.2, 0.25) is 0 Å². The number of aromatic nitrogens is 1. The third kappa shape index (κ3) is 2.22. The van der Waals surface area contributed by atoms with Crippen molar-refractivity contribution in [3.63, 3.8) is 0 Å². The largest absolute Gasteiger partial charge is 0.476 e. The molecule has 1 aromatic carbocycles. The molecule has 1 unspecified atom stereocenters. The number of carbonyl (C=O) groups is 1. The minimum atomic E-state index is -3.78. The normalized spacial score (nSPS) is 18.2. The van der Waals surface area contributed by atoms with E-state index in [0.29, 0.717) is 18.7 Å². The number of hydrogen-bond acceptors (Lipinski definition) is 6. The van der Waals surface area contributed by atoms with Crippen LogP contribution >= 0.6 is 0 Å². The monoisotopic (exact) mass is 308 g/mol. The summed E-state index contributed by atoms with van der Waals surface area (Å²) in [5, 5.41) is 14.3. The maximum Gasteiger partial charge on any atom is 0.358 e. The molecule has 8 heteroatoms. The van der Waals surface area contributed by atoms with Crippen molar-refractivity contribution in [2.24, 2.45) is 0 Å². The van der Waals surface area contributed by atoms with E-state index in [1.54, 1.807) is 18.2 Å². The van der Waals surface area contributed by atoms with Crippen LogP contribution < -0.4 is 5.32 Å². The summed E-state index contributed by atoms with van der Waals surface area (Å²) < 4.78 is 30.4. The number of rotatable bonds is 3. The van der Waals surface area contributed by atoms with Crippen LogP contribution in [0.25, 0.3) is 0 Å². The van der Waals surface area contributed by atoms with Gasteiger partial charge in [-0.1, -0.05) is 23.4 Å². The Morgan fingerprint density at radius 2 is 2.05 bits per heavy atom. The highest BCUT2D eigenvalue weighted by Crippen LogP contribution is 2.33. The zero-order valence-corrected chi connectivity index (χ0v) is 11.6. The van der Waals surface area contributed by atoms with Crippen molar-refractivity contribution in [3.05, 3.63) is 47.3 Å². The predicted molar refractivity (Wildman–Crippen MR) is 71.5 cm³/mol. The Morgan fingerprint density at radius 3 is 2.71 bits per heavy atom. The van der Waals surface area contributed by atoms with E-state index >= 15 is 0 Å². The number of sulfone groups is 1. The quantitative estimate of drug-likeness (QED) is 0.870. The van der Waals surface area contributed by atoms with Gasteiger partial charge < -0.3 is 9.63 Å². The van der Waals surface area contributed by atoms with E-state index in [4.69, 9.17) is 9.63 Å². The van der Waals surface area contributed by atoms with Crippen LogP contribution in [0, 0.1) is 0 Å². The number of nitrogens with one attached hydrogen (secondary N) is 1. The molecule has 0 amide bonds. The van der Waals surface area contributed by atoms with Gasteiger partial charge in [0.25, 0.3) is 0 Å². The number of benzene rings is 1. The van der Waals surface area contributed by atoms with Crippen LogP contribution in [-0.2, 0) is 16.3 Å². The lowest BCUT2D eigenvalue weighted by Crippen LogP contribution is -2.35. The summed E-state index contributed by atoms with van der Waals surface area (Å²) in [6, 6.07) is 7.88. The molecule has 0 saturated carbocycles. The van der Waals surface area contributed by atoms with Crippen LogP contribution in [-0.4, -0.2) is 31.2 Å². The molecule has 110 valence electrons. The van der Waals surface area contributed by atoms with E-state index < -0.39 is 21.2 Å². The lowest BCUT2D eigenvalue weighted by atomic mass is 10.1. The summed E-state index contributed by atoms with van der Waals surface area (Å²) in [5.41, 5.74) is -0.265. The molecule has 2 aromatic rings. The summed E-state index contributed by atoms with van der Waals surface area (Å²) in [6.07, 6.45) is 0.399. The molecule has 1 aliphatic rings. The number of fused-ring (bicyclic) bond motifs is 1. The Balaban J connectivity index is 2.14. The van der Waals surface area contributed by atoms with Crippen LogP contribution in [0.4, 0.5) is 0 Å². The maximum atomic E-state index is 12.7. The van der Waals surface area contributed by atoms with E-state index in [1.165, 1.54) is 12.1 Å². The first-order valence-electron chi connectivity index (χ1n) is 6.26. The number of aromatic carboxylic acids is 1. The maximum absolute atomic E-state index is 12.7. The lowest BCUT2D eigenvalue weighted by molar-refractivity contribution is 0.0684. The fourth-order valence-corrected chi connectivity index (χ4v) is 4.07. The van der Waals surface area contributed by atoms with Crippen molar-refractivity contribution in [2.45, 2.75) is 16.7 Å². The molecular formula is C13H12N2O5S. The first kappa shape index (κ1) is 13.8. The van der Waals surface area contributed by atoms with E-state index in [-0.39, 0.29) is 16.2 Å². The van der Waals surface area contributed by atoms with Gasteiger partial charge in [0, 0.05) is 13.0 Å². The van der Waals surface area contributed by atoms with Gasteiger partial charge in [0.1, 0.15) is 11.1 Å². The van der Waals surface area contributed by atoms with Crippen molar-refractivity contribution in [3.8, 4) is 0 Å². The molecular weight excluding hydrogens is 296 g/mol. The summed E-state index contributed by atoms with van der Waals surface area (Å²) >= 11 is 0. The Bertz CT molecular complexity index is 782. The first-order valence-corrected chi connectivity index (χ1v) is 7.80. The SMILES string of the molecule is O=C(O)c1noc2c1C(S(=O)(=O)c1ccccc1)NCC2. The average Bonchev–Trinajstić information content (AvgIpc) is 2.92. The molecule has 1 aromatic heterocycles. The zero-order chi connectivity index (χ0) is 15.0. The molecule has 2 N–H and O–H groups in total. The minimum Gasteiger partial charge on any atom is -0.476 e. The van der Waals surface area contributed by atoms with Gasteiger partial charge in [-0.2, -0.15) is 0 Å². The van der Waals surface area contributed by atoms with Crippen LogP contribution in [0.3, 0.4) is 0 Å². The van der Waals surface area contributed by atoms with Crippen molar-refractivity contribution in [1.29, 1.82) is 0 Å². The molecule has 0 bridgehead atoms. The Labute approximate surface area is 120 Å². The molecule has 0 fully saturated rings. The van der Waals surface area contributed by atoms with Gasteiger partial charge in [0.05, 0.1) is 10.5 Å². The summed E-state index contributed by atoms with van der Waals surface area (Å²) in [6.45, 7) is 0.373. The second-order valence-corrected chi connectivity index (χ2v) is 6.65. The van der Waals surface area contributed by atoms with Gasteiger partial charge in [-0.15, -0.1) is 0 Å². The van der Waals surface area contributed by atoms with Crippen molar-refractivity contribution in [1.82, 2.24) is 10.5 Å². The van der Waals surface area contributed by atoms with Crippen LogP contribution in [0.1, 0.15) is 27.2 Å². The van der Waals surface area contributed by atoms with Crippen LogP contribution in [0.2, 0.25) is 0 Å². The molecule has 3 rings (SSSR count). The second-order valence-electron chi connectivity index (χ2n) is 4.62. The topological polar surface area (TPSA) is 110 Å². The molecule has 2 heterocycles. The zero-order valence-electron chi connectivity index (χ0n) is 10.8. The Morgan fingerprint density at radius 1 is 1.33 bits per heavy atom. The smallest absolute Gasteiger partial charge is 0.358 e. The Kier molecular flexibility index (Phi) is 3.26. The number of carboxylic acid groups (broad SMARTS) is 1. The van der Waals surface area contributed by atoms with Crippen molar-refractivity contribution < 1.29 is 22.8 Å². The van der Waals surface area contributed by atoms with Crippen molar-refractivity contribution in [2.75, 3.05) is 6.54 Å². The Hall–Kier alpha value is -2.19. The molecule has 0 saturated heterocycles. The van der Waals surface area contributed by atoms with E-state index in [2.05, 4.69) is 10.5 Å². The van der Waals surface area contributed by atoms with E-state index in [9.17, 15) is 13.2 Å². The minimum absolute atomic E-state index is 0.0950. The lowest BCUT2D eigenvalue weighted by Gasteiger charge is -2.23. The number of carboxylic acids is 1. The fraction of sp³-hybridized carbons (Fsp3) is 0.231. The van der Waals surface area contributed by atoms with E-state index in [1.807, 2.05) is 0 Å². The molecule has 0 spiro atoms. The molecule has 1 atom stereocenters. The van der Waals surface area contributed by atoms with Crippen LogP contribution in [0.15, 0.2) is 39.8 Å². The van der Waals surface area contributed by atoms with Crippen LogP contribution in [0.5, 0.6) is 0 Å². The highest BCUT2D eigenvalue weighted by atomic mass is 32.2. The fourth-order valence-electron chi connectivity index (χ4n) is 2.37. The number of hydrogen-bond donors (Lipinski definition) is 2. The molecule has 1 aliphatic heterocycles. The third-order valence-electron chi connectivity index (χ3n) is 3.33. The van der Waals surface area contributed by atoms with Gasteiger partial charge in [-0.05, 0) is 12.1 Å². The van der Waals surface area contributed by atoms with E-state index in [0.717, 1.165) is 0 Å². The van der Waals surface area contributed by atoms with Crippen molar-refractivity contribution >= 4 is 15.8 Å². The molecule has 7 nitrogen and oxygen atoms in total. The molecule has 0 aliphatic carbocycles. The van der Waals surface area contributed by atoms with Gasteiger partial charge in [-0.3, -0.25) is 5.32 Å². The van der Waals surface area contributed by atoms with Gasteiger partial charge in [-0.25, -0.2) is 13.2 Å². The predicted octanol–water partition coefficient (Wildman–Crippen LogP) is 0.991. The van der Waals surface area contributed by atoms with Gasteiger partial charge >= 0.3 is 5.97 Å². The highest BCUT2D eigenvalue weighted by molar-refractivity contribution is 7.91. The molecule has 0 radical (unpaired) electrons. The summed E-state index contributed by atoms with van der Waals surface area (Å²) in [5.74, 6) is -1.01. The highest BCUT2D eigenvalue weighted by Gasteiger charge is 2.39. The summed E-state index contributed by atoms with van der Waals surface area (Å²) in [4.78, 5) is 11.3. The molecule has 21 heavy (non-hydrogen) atoms.